The first-order valence-electron chi connectivity index (χ1n) is 7.28. The van der Waals surface area contributed by atoms with Crippen LogP contribution in [0.1, 0.15) is 45.4 Å². The monoisotopic (exact) mass is 268 g/mol. The summed E-state index contributed by atoms with van der Waals surface area (Å²) in [5.41, 5.74) is 0. The number of fused-ring (bicyclic) bond motifs is 1. The standard InChI is InChI=1S/C14H24N2O3/c1-10(13(17)18)15(2)14(19)16-9-5-7-11-6-3-4-8-12(11)16/h10-12H,3-9H2,1-2H3,(H,17,18)/t10?,11-,12-/m1/s1. The Kier molecular flexibility index (Phi) is 4.32. The maximum absolute atomic E-state index is 12.5. The van der Waals surface area contributed by atoms with Crippen molar-refractivity contribution in [3.05, 3.63) is 0 Å². The van der Waals surface area contributed by atoms with E-state index in [1.807, 2.05) is 4.90 Å². The van der Waals surface area contributed by atoms with E-state index in [2.05, 4.69) is 0 Å². The Morgan fingerprint density at radius 2 is 1.84 bits per heavy atom. The molecule has 1 saturated heterocycles. The number of carboxylic acids is 1. The van der Waals surface area contributed by atoms with Gasteiger partial charge in [-0.25, -0.2) is 9.59 Å². The summed E-state index contributed by atoms with van der Waals surface area (Å²) in [7, 11) is 1.59. The number of piperidine rings is 1. The molecular weight excluding hydrogens is 244 g/mol. The molecule has 5 heteroatoms. The predicted molar refractivity (Wildman–Crippen MR) is 71.9 cm³/mol. The second kappa shape index (κ2) is 5.80. The number of amides is 2. The van der Waals surface area contributed by atoms with Gasteiger partial charge in [0.2, 0.25) is 0 Å². The number of aliphatic carboxylic acids is 1. The Hall–Kier alpha value is -1.26. The number of likely N-dealkylation sites (N-methyl/N-ethyl adjacent to an activating group) is 1. The Balaban J connectivity index is 2.06. The van der Waals surface area contributed by atoms with Crippen molar-refractivity contribution < 1.29 is 14.7 Å². The van der Waals surface area contributed by atoms with Crippen molar-refractivity contribution in [2.45, 2.75) is 57.5 Å². The van der Waals surface area contributed by atoms with Crippen LogP contribution in [0.2, 0.25) is 0 Å². The molecule has 0 aromatic rings. The highest BCUT2D eigenvalue weighted by Gasteiger charge is 2.38. The van der Waals surface area contributed by atoms with Gasteiger partial charge in [-0.1, -0.05) is 12.8 Å². The molecule has 1 unspecified atom stereocenters. The number of urea groups is 1. The lowest BCUT2D eigenvalue weighted by atomic mass is 9.78. The van der Waals surface area contributed by atoms with Crippen LogP contribution in [0.15, 0.2) is 0 Å². The Morgan fingerprint density at radius 3 is 2.53 bits per heavy atom. The number of rotatable bonds is 2. The molecule has 19 heavy (non-hydrogen) atoms. The van der Waals surface area contributed by atoms with Gasteiger partial charge >= 0.3 is 12.0 Å². The van der Waals surface area contributed by atoms with Crippen LogP contribution < -0.4 is 0 Å². The van der Waals surface area contributed by atoms with Crippen molar-refractivity contribution in [1.82, 2.24) is 9.80 Å². The van der Waals surface area contributed by atoms with Gasteiger partial charge in [0.1, 0.15) is 6.04 Å². The minimum Gasteiger partial charge on any atom is -0.480 e. The number of nitrogens with zero attached hydrogens (tertiary/aromatic N) is 2. The first-order chi connectivity index (χ1) is 9.02. The molecule has 2 fully saturated rings. The van der Waals surface area contributed by atoms with Gasteiger partial charge < -0.3 is 14.9 Å². The van der Waals surface area contributed by atoms with Gasteiger partial charge in [0, 0.05) is 19.6 Å². The topological polar surface area (TPSA) is 60.9 Å². The smallest absolute Gasteiger partial charge is 0.326 e. The molecule has 0 radical (unpaired) electrons. The third kappa shape index (κ3) is 2.85. The Bertz CT molecular complexity index is 357. The molecule has 2 aliphatic rings. The van der Waals surface area contributed by atoms with Crippen LogP contribution in [-0.2, 0) is 4.79 Å². The van der Waals surface area contributed by atoms with Gasteiger partial charge in [-0.05, 0) is 38.5 Å². The fourth-order valence-corrected chi connectivity index (χ4v) is 3.40. The van der Waals surface area contributed by atoms with E-state index in [9.17, 15) is 9.59 Å². The number of carbonyl (C=O) groups is 2. The molecule has 0 bridgehead atoms. The first-order valence-corrected chi connectivity index (χ1v) is 7.28. The minimum atomic E-state index is -0.951. The number of likely N-dealkylation sites (tertiary alicyclic amines) is 1. The van der Waals surface area contributed by atoms with Crippen molar-refractivity contribution in [2.75, 3.05) is 13.6 Å². The predicted octanol–water partition coefficient (Wildman–Crippen LogP) is 2.17. The summed E-state index contributed by atoms with van der Waals surface area (Å²) in [6.45, 7) is 2.33. The van der Waals surface area contributed by atoms with E-state index in [1.165, 1.54) is 30.6 Å². The summed E-state index contributed by atoms with van der Waals surface area (Å²) in [5.74, 6) is -0.326. The SMILES string of the molecule is CC(C(=O)O)N(C)C(=O)N1CCC[C@H]2CCCC[C@H]21. The zero-order valence-corrected chi connectivity index (χ0v) is 11.8. The van der Waals surface area contributed by atoms with Crippen molar-refractivity contribution in [1.29, 1.82) is 0 Å². The number of carbonyl (C=O) groups excluding carboxylic acids is 1. The lowest BCUT2D eigenvalue weighted by Crippen LogP contribution is -2.55. The van der Waals surface area contributed by atoms with Gasteiger partial charge in [0.25, 0.3) is 0 Å². The van der Waals surface area contributed by atoms with Crippen molar-refractivity contribution in [3.63, 3.8) is 0 Å². The summed E-state index contributed by atoms with van der Waals surface area (Å²) in [6.07, 6.45) is 7.00. The highest BCUT2D eigenvalue weighted by atomic mass is 16.4. The van der Waals surface area contributed by atoms with E-state index in [0.29, 0.717) is 12.0 Å². The second-order valence-electron chi connectivity index (χ2n) is 5.86. The van der Waals surface area contributed by atoms with Gasteiger partial charge in [-0.2, -0.15) is 0 Å². The van der Waals surface area contributed by atoms with E-state index < -0.39 is 12.0 Å². The average molecular weight is 268 g/mol. The zero-order chi connectivity index (χ0) is 14.0. The van der Waals surface area contributed by atoms with Crippen LogP contribution in [0, 0.1) is 5.92 Å². The fourth-order valence-electron chi connectivity index (χ4n) is 3.40. The van der Waals surface area contributed by atoms with E-state index in [0.717, 1.165) is 19.4 Å². The molecule has 108 valence electrons. The normalized spacial score (nSPS) is 28.4. The minimum absolute atomic E-state index is 0.119. The molecule has 1 heterocycles. The van der Waals surface area contributed by atoms with E-state index in [-0.39, 0.29) is 6.03 Å². The molecule has 0 aromatic heterocycles. The lowest BCUT2D eigenvalue weighted by molar-refractivity contribution is -0.141. The summed E-state index contributed by atoms with van der Waals surface area (Å²) in [4.78, 5) is 26.8. The summed E-state index contributed by atoms with van der Waals surface area (Å²) < 4.78 is 0. The van der Waals surface area contributed by atoms with Crippen LogP contribution in [0.25, 0.3) is 0 Å². The Morgan fingerprint density at radius 1 is 1.21 bits per heavy atom. The number of carboxylic acid groups (broad SMARTS) is 1. The van der Waals surface area contributed by atoms with Crippen LogP contribution in [0.5, 0.6) is 0 Å². The number of hydrogen-bond donors (Lipinski definition) is 1. The molecule has 1 saturated carbocycles. The lowest BCUT2D eigenvalue weighted by Gasteiger charge is -2.45. The van der Waals surface area contributed by atoms with Gasteiger partial charge in [0.05, 0.1) is 0 Å². The Labute approximate surface area is 114 Å². The fraction of sp³-hybridized carbons (Fsp3) is 0.857. The third-order valence-corrected chi connectivity index (χ3v) is 4.73. The molecule has 2 rings (SSSR count). The second-order valence-corrected chi connectivity index (χ2v) is 5.86. The first kappa shape index (κ1) is 14.2. The maximum atomic E-state index is 12.5. The maximum Gasteiger partial charge on any atom is 0.326 e. The van der Waals surface area contributed by atoms with Crippen molar-refractivity contribution in [3.8, 4) is 0 Å². The summed E-state index contributed by atoms with van der Waals surface area (Å²) in [6, 6.07) is -0.554. The molecule has 1 aliphatic carbocycles. The van der Waals surface area contributed by atoms with Crippen LogP contribution in [-0.4, -0.2) is 52.6 Å². The molecule has 5 nitrogen and oxygen atoms in total. The molecule has 0 spiro atoms. The van der Waals surface area contributed by atoms with Crippen molar-refractivity contribution >= 4 is 12.0 Å². The van der Waals surface area contributed by atoms with Crippen molar-refractivity contribution in [2.24, 2.45) is 5.92 Å². The van der Waals surface area contributed by atoms with Gasteiger partial charge in [0.15, 0.2) is 0 Å². The van der Waals surface area contributed by atoms with Crippen LogP contribution in [0.3, 0.4) is 0 Å². The summed E-state index contributed by atoms with van der Waals surface area (Å²) >= 11 is 0. The zero-order valence-electron chi connectivity index (χ0n) is 11.8. The van der Waals surface area contributed by atoms with Crippen LogP contribution in [0.4, 0.5) is 4.79 Å². The molecular formula is C14H24N2O3. The molecule has 3 atom stereocenters. The molecule has 1 aliphatic heterocycles. The third-order valence-electron chi connectivity index (χ3n) is 4.73. The van der Waals surface area contributed by atoms with Gasteiger partial charge in [-0.15, -0.1) is 0 Å². The van der Waals surface area contributed by atoms with E-state index >= 15 is 0 Å². The number of hydrogen-bond acceptors (Lipinski definition) is 2. The highest BCUT2D eigenvalue weighted by Crippen LogP contribution is 2.35. The molecule has 2 amide bonds. The summed E-state index contributed by atoms with van der Waals surface area (Å²) in [5, 5.41) is 9.02. The molecule has 0 aromatic carbocycles. The molecule has 1 N–H and O–H groups in total. The van der Waals surface area contributed by atoms with Gasteiger partial charge in [-0.3, -0.25) is 0 Å². The largest absolute Gasteiger partial charge is 0.480 e. The highest BCUT2D eigenvalue weighted by molar-refractivity contribution is 5.82. The quantitative estimate of drug-likeness (QED) is 0.835. The van der Waals surface area contributed by atoms with E-state index in [4.69, 9.17) is 5.11 Å². The van der Waals surface area contributed by atoms with E-state index in [1.54, 1.807) is 14.0 Å². The average Bonchev–Trinajstić information content (AvgIpc) is 2.44. The van der Waals surface area contributed by atoms with Crippen LogP contribution >= 0.6 is 0 Å².